The quantitative estimate of drug-likeness (QED) is 0.225. The summed E-state index contributed by atoms with van der Waals surface area (Å²) in [6.45, 7) is 4.45. The highest BCUT2D eigenvalue weighted by Gasteiger charge is 2.48. The minimum absolute atomic E-state index is 0.000476. The first-order valence-electron chi connectivity index (χ1n) is 15.9. The van der Waals surface area contributed by atoms with Gasteiger partial charge in [-0.2, -0.15) is 15.2 Å². The first-order chi connectivity index (χ1) is 23.1. The molecule has 4 aliphatic heterocycles. The first-order valence-corrected chi connectivity index (χ1v) is 17.1. The van der Waals surface area contributed by atoms with Crippen LogP contribution in [0.3, 0.4) is 0 Å². The van der Waals surface area contributed by atoms with Crippen LogP contribution in [0.1, 0.15) is 38.2 Å². The maximum Gasteiger partial charge on any atom is 0.319 e. The number of hydrogen-bond acceptors (Lipinski definition) is 10. The third kappa shape index (κ3) is 4.84. The lowest BCUT2D eigenvalue weighted by atomic mass is 9.92. The van der Waals surface area contributed by atoms with Gasteiger partial charge in [0.1, 0.15) is 47.5 Å². The van der Waals surface area contributed by atoms with Crippen LogP contribution >= 0.6 is 22.9 Å². The average Bonchev–Trinajstić information content (AvgIpc) is 3.59. The Morgan fingerprint density at radius 2 is 2.06 bits per heavy atom. The van der Waals surface area contributed by atoms with Crippen LogP contribution in [0.15, 0.2) is 12.1 Å². The molecule has 252 valence electrons. The highest BCUT2D eigenvalue weighted by molar-refractivity contribution is 7.23. The molecule has 15 heteroatoms. The monoisotopic (exact) mass is 702 g/mol. The van der Waals surface area contributed by atoms with E-state index >= 15 is 4.39 Å². The van der Waals surface area contributed by atoms with Crippen LogP contribution in [-0.2, 0) is 4.74 Å². The van der Waals surface area contributed by atoms with Crippen LogP contribution in [0.4, 0.5) is 28.4 Å². The zero-order valence-corrected chi connectivity index (χ0v) is 27.4. The Morgan fingerprint density at radius 3 is 2.85 bits per heavy atom. The van der Waals surface area contributed by atoms with E-state index in [4.69, 9.17) is 36.5 Å². The van der Waals surface area contributed by atoms with E-state index in [-0.39, 0.29) is 97.0 Å². The Kier molecular flexibility index (Phi) is 7.74. The molecule has 4 aromatic rings. The number of anilines is 2. The van der Waals surface area contributed by atoms with Gasteiger partial charge in [-0.25, -0.2) is 17.6 Å². The summed E-state index contributed by atoms with van der Waals surface area (Å²) in [6.07, 6.45) is -1.01. The molecule has 4 aliphatic rings. The van der Waals surface area contributed by atoms with Gasteiger partial charge < -0.3 is 24.8 Å². The summed E-state index contributed by atoms with van der Waals surface area (Å²) in [7, 11) is 0. The molecule has 4 atom stereocenters. The molecule has 0 spiro atoms. The number of alkyl halides is 2. The summed E-state index contributed by atoms with van der Waals surface area (Å²) in [5, 5.41) is 10.2. The number of rotatable bonds is 5. The molecule has 8 rings (SSSR count). The maximum atomic E-state index is 17.2. The van der Waals surface area contributed by atoms with Gasteiger partial charge in [0.2, 0.25) is 0 Å². The topological polar surface area (TPSA) is 110 Å². The highest BCUT2D eigenvalue weighted by Crippen LogP contribution is 2.51. The second-order valence-electron chi connectivity index (χ2n) is 13.2. The highest BCUT2D eigenvalue weighted by atomic mass is 35.5. The van der Waals surface area contributed by atoms with Crippen molar-refractivity contribution < 1.29 is 31.8 Å². The lowest BCUT2D eigenvalue weighted by molar-refractivity contribution is -0.0558. The Labute approximate surface area is 282 Å². The summed E-state index contributed by atoms with van der Waals surface area (Å²) in [4.78, 5) is 13.6. The van der Waals surface area contributed by atoms with Gasteiger partial charge in [0, 0.05) is 24.0 Å². The number of thiophene rings is 1. The standard InChI is InChI=1S/C33H31ClF4N6O3S/c1-15-9-33(6-2-7-43(33)11-15)14-47-32-41-26-23-27(46-13-16-12-45-20(29(37)38)5-8-44(16)31(23)42-32)24(34)22(25(26)36)17-3-4-19(35)28-21(17)18(10-39)30(40)48-28/h3-4,15-16,20,29H,2,5-9,11-14,40H2,1H3/t15-,16?,20?,33+/m1/s1. The number of halogens is 5. The van der Waals surface area contributed by atoms with Gasteiger partial charge in [0.05, 0.1) is 38.9 Å². The molecule has 2 unspecified atom stereocenters. The number of nitriles is 1. The van der Waals surface area contributed by atoms with Crippen molar-refractivity contribution in [1.29, 1.82) is 5.26 Å². The molecule has 3 saturated heterocycles. The fraction of sp³-hybridized carbons (Fsp3) is 0.485. The molecule has 48 heavy (non-hydrogen) atoms. The summed E-state index contributed by atoms with van der Waals surface area (Å²) in [6, 6.07) is 3.90. The molecule has 0 amide bonds. The molecule has 9 nitrogen and oxygen atoms in total. The lowest BCUT2D eigenvalue weighted by Crippen LogP contribution is -2.43. The van der Waals surface area contributed by atoms with Crippen molar-refractivity contribution in [3.8, 4) is 29.0 Å². The van der Waals surface area contributed by atoms with E-state index in [9.17, 15) is 18.4 Å². The van der Waals surface area contributed by atoms with Crippen LogP contribution in [0.25, 0.3) is 32.1 Å². The Hall–Kier alpha value is -3.64. The largest absolute Gasteiger partial charge is 0.489 e. The number of fused-ring (bicyclic) bond motifs is 4. The summed E-state index contributed by atoms with van der Waals surface area (Å²) in [5.74, 6) is -0.665. The van der Waals surface area contributed by atoms with Crippen LogP contribution in [-0.4, -0.2) is 78.4 Å². The van der Waals surface area contributed by atoms with Gasteiger partial charge in [0.25, 0.3) is 6.43 Å². The third-order valence-electron chi connectivity index (χ3n) is 10.2. The molecule has 3 fully saturated rings. The number of ether oxygens (including phenoxy) is 3. The predicted molar refractivity (Wildman–Crippen MR) is 174 cm³/mol. The van der Waals surface area contributed by atoms with Crippen LogP contribution in [0.5, 0.6) is 11.8 Å². The fourth-order valence-corrected chi connectivity index (χ4v) is 9.34. The van der Waals surface area contributed by atoms with Crippen LogP contribution in [0, 0.1) is 28.9 Å². The van der Waals surface area contributed by atoms with Gasteiger partial charge in [-0.15, -0.1) is 11.3 Å². The first kappa shape index (κ1) is 31.6. The van der Waals surface area contributed by atoms with E-state index in [1.54, 1.807) is 4.90 Å². The minimum atomic E-state index is -2.68. The van der Waals surface area contributed by atoms with Crippen molar-refractivity contribution >= 4 is 54.7 Å². The van der Waals surface area contributed by atoms with Gasteiger partial charge in [-0.05, 0) is 49.8 Å². The normalized spacial score (nSPS) is 25.5. The zero-order chi connectivity index (χ0) is 33.5. The Morgan fingerprint density at radius 1 is 1.23 bits per heavy atom. The molecule has 2 aromatic heterocycles. The smallest absolute Gasteiger partial charge is 0.319 e. The molecule has 2 N–H and O–H groups in total. The van der Waals surface area contributed by atoms with Crippen molar-refractivity contribution in [3.05, 3.63) is 34.4 Å². The average molecular weight is 703 g/mol. The van der Waals surface area contributed by atoms with E-state index in [0.29, 0.717) is 12.5 Å². The molecular formula is C33H31ClF4N6O3S. The molecule has 0 radical (unpaired) electrons. The summed E-state index contributed by atoms with van der Waals surface area (Å²) >= 11 is 7.88. The predicted octanol–water partition coefficient (Wildman–Crippen LogP) is 6.77. The van der Waals surface area contributed by atoms with Crippen molar-refractivity contribution in [2.75, 3.05) is 50.1 Å². The number of nitrogens with two attached hydrogens (primary N) is 1. The minimum Gasteiger partial charge on any atom is -0.489 e. The summed E-state index contributed by atoms with van der Waals surface area (Å²) in [5.41, 5.74) is 5.74. The summed E-state index contributed by atoms with van der Waals surface area (Å²) < 4.78 is 77.8. The molecular weight excluding hydrogens is 672 g/mol. The number of aromatic nitrogens is 2. The maximum absolute atomic E-state index is 17.2. The van der Waals surface area contributed by atoms with E-state index in [2.05, 4.69) is 16.8 Å². The molecule has 2 aromatic carbocycles. The lowest BCUT2D eigenvalue weighted by Gasteiger charge is -2.32. The van der Waals surface area contributed by atoms with Gasteiger partial charge in [-0.1, -0.05) is 24.6 Å². The fourth-order valence-electron chi connectivity index (χ4n) is 8.06. The SMILES string of the molecule is C[C@H]1CN2CCC[C@@]2(COc2nc3c4c(c(Cl)c(-c5ccc(F)c6sc(N)c(C#N)c56)c(F)c4n2)OCC2COC(C(F)F)CCN32)C1. The van der Waals surface area contributed by atoms with Crippen LogP contribution in [0.2, 0.25) is 5.02 Å². The number of hydrogen-bond donors (Lipinski definition) is 1. The molecule has 6 heterocycles. The molecule has 0 saturated carbocycles. The number of nitrogens with zero attached hydrogens (tertiary/aromatic N) is 5. The van der Waals surface area contributed by atoms with Crippen molar-refractivity contribution in [2.45, 2.75) is 56.7 Å². The van der Waals surface area contributed by atoms with Crippen molar-refractivity contribution in [1.82, 2.24) is 14.9 Å². The van der Waals surface area contributed by atoms with Crippen molar-refractivity contribution in [3.63, 3.8) is 0 Å². The second-order valence-corrected chi connectivity index (χ2v) is 14.6. The van der Waals surface area contributed by atoms with E-state index < -0.39 is 30.2 Å². The van der Waals surface area contributed by atoms with Gasteiger partial charge >= 0.3 is 6.01 Å². The zero-order valence-electron chi connectivity index (χ0n) is 25.9. The van der Waals surface area contributed by atoms with Gasteiger partial charge in [-0.3, -0.25) is 4.90 Å². The molecule has 0 bridgehead atoms. The van der Waals surface area contributed by atoms with Gasteiger partial charge in [0.15, 0.2) is 11.6 Å². The number of benzene rings is 2. The Balaban J connectivity index is 1.33. The Bertz CT molecular complexity index is 2010. The van der Waals surface area contributed by atoms with Crippen LogP contribution < -0.4 is 20.1 Å². The van der Waals surface area contributed by atoms with E-state index in [1.165, 1.54) is 12.1 Å². The third-order valence-corrected chi connectivity index (χ3v) is 11.6. The van der Waals surface area contributed by atoms with Crippen molar-refractivity contribution in [2.24, 2.45) is 5.92 Å². The number of nitrogen functional groups attached to an aromatic ring is 1. The van der Waals surface area contributed by atoms with E-state index in [0.717, 1.165) is 43.7 Å². The second kappa shape index (κ2) is 11.8. The van der Waals surface area contributed by atoms with E-state index in [1.807, 2.05) is 6.07 Å². The molecule has 0 aliphatic carbocycles.